The standard InChI is InChI=1S/C23H23NO3/c1-2-22(27-21-11-7-4-8-12-21)23(25)24-19-13-15-20(16-14-19)26-17-18-9-5-3-6-10-18/h3-16,22H,2,17H2,1H3,(H,24,25)/t22-/m0/s1. The molecule has 1 N–H and O–H groups in total. The number of ether oxygens (including phenoxy) is 2. The molecule has 1 atom stereocenters. The fraction of sp³-hybridized carbons (Fsp3) is 0.174. The predicted octanol–water partition coefficient (Wildman–Crippen LogP) is 5.06. The first-order valence-corrected chi connectivity index (χ1v) is 9.04. The molecule has 0 aromatic heterocycles. The minimum absolute atomic E-state index is 0.167. The molecule has 0 saturated carbocycles. The molecule has 3 aromatic carbocycles. The minimum atomic E-state index is -0.540. The molecule has 0 aliphatic rings. The van der Waals surface area contributed by atoms with Crippen molar-refractivity contribution >= 4 is 11.6 Å². The van der Waals surface area contributed by atoms with Crippen LogP contribution in [0.2, 0.25) is 0 Å². The molecule has 27 heavy (non-hydrogen) atoms. The Morgan fingerprint density at radius 3 is 2.11 bits per heavy atom. The molecule has 4 nitrogen and oxygen atoms in total. The van der Waals surface area contributed by atoms with Crippen molar-refractivity contribution in [1.82, 2.24) is 0 Å². The van der Waals surface area contributed by atoms with E-state index in [4.69, 9.17) is 9.47 Å². The highest BCUT2D eigenvalue weighted by molar-refractivity contribution is 5.94. The number of carbonyl (C=O) groups is 1. The molecule has 0 aliphatic heterocycles. The van der Waals surface area contributed by atoms with E-state index in [-0.39, 0.29) is 5.91 Å². The molecule has 0 saturated heterocycles. The van der Waals surface area contributed by atoms with Crippen LogP contribution >= 0.6 is 0 Å². The average Bonchev–Trinajstić information content (AvgIpc) is 2.73. The Morgan fingerprint density at radius 2 is 1.48 bits per heavy atom. The molecule has 1 amide bonds. The van der Waals surface area contributed by atoms with Gasteiger partial charge in [0.05, 0.1) is 0 Å². The van der Waals surface area contributed by atoms with Gasteiger partial charge in [-0.15, -0.1) is 0 Å². The smallest absolute Gasteiger partial charge is 0.265 e. The summed E-state index contributed by atoms with van der Waals surface area (Å²) in [7, 11) is 0. The summed E-state index contributed by atoms with van der Waals surface area (Å²) < 4.78 is 11.5. The maximum atomic E-state index is 12.5. The van der Waals surface area contributed by atoms with E-state index in [2.05, 4.69) is 5.32 Å². The fourth-order valence-electron chi connectivity index (χ4n) is 2.58. The lowest BCUT2D eigenvalue weighted by Gasteiger charge is -2.17. The first kappa shape index (κ1) is 18.5. The van der Waals surface area contributed by atoms with E-state index in [1.807, 2.05) is 91.9 Å². The van der Waals surface area contributed by atoms with Crippen molar-refractivity contribution in [3.8, 4) is 11.5 Å². The zero-order valence-electron chi connectivity index (χ0n) is 15.3. The van der Waals surface area contributed by atoms with Crippen LogP contribution in [0.5, 0.6) is 11.5 Å². The van der Waals surface area contributed by atoms with E-state index in [0.717, 1.165) is 11.3 Å². The Labute approximate surface area is 159 Å². The van der Waals surface area contributed by atoms with Gasteiger partial charge in [0.25, 0.3) is 5.91 Å². The van der Waals surface area contributed by atoms with Gasteiger partial charge in [-0.05, 0) is 48.4 Å². The van der Waals surface area contributed by atoms with Gasteiger partial charge in [-0.3, -0.25) is 4.79 Å². The first-order valence-electron chi connectivity index (χ1n) is 9.04. The summed E-state index contributed by atoms with van der Waals surface area (Å²) in [6.07, 6.45) is 0.0420. The number of benzene rings is 3. The second-order valence-electron chi connectivity index (χ2n) is 6.12. The van der Waals surface area contributed by atoms with Crippen LogP contribution < -0.4 is 14.8 Å². The summed E-state index contributed by atoms with van der Waals surface area (Å²) in [5.74, 6) is 1.27. The van der Waals surface area contributed by atoms with Crippen molar-refractivity contribution in [2.45, 2.75) is 26.1 Å². The average molecular weight is 361 g/mol. The van der Waals surface area contributed by atoms with E-state index in [9.17, 15) is 4.79 Å². The van der Waals surface area contributed by atoms with Crippen molar-refractivity contribution in [2.24, 2.45) is 0 Å². The van der Waals surface area contributed by atoms with E-state index >= 15 is 0 Å². The minimum Gasteiger partial charge on any atom is -0.489 e. The Balaban J connectivity index is 1.54. The zero-order chi connectivity index (χ0) is 18.9. The predicted molar refractivity (Wildman–Crippen MR) is 107 cm³/mol. The molecule has 4 heteroatoms. The quantitative estimate of drug-likeness (QED) is 0.610. The molecular weight excluding hydrogens is 338 g/mol. The summed E-state index contributed by atoms with van der Waals surface area (Å²) in [5.41, 5.74) is 1.82. The number of para-hydroxylation sites is 1. The van der Waals surface area contributed by atoms with Crippen LogP contribution in [-0.4, -0.2) is 12.0 Å². The van der Waals surface area contributed by atoms with Gasteiger partial charge in [0.15, 0.2) is 6.10 Å². The highest BCUT2D eigenvalue weighted by atomic mass is 16.5. The molecule has 0 unspecified atom stereocenters. The second kappa shape index (κ2) is 9.43. The van der Waals surface area contributed by atoms with Crippen LogP contribution in [0.1, 0.15) is 18.9 Å². The van der Waals surface area contributed by atoms with Crippen molar-refractivity contribution in [3.63, 3.8) is 0 Å². The van der Waals surface area contributed by atoms with Gasteiger partial charge in [0, 0.05) is 5.69 Å². The van der Waals surface area contributed by atoms with E-state index in [1.165, 1.54) is 0 Å². The molecule has 0 spiro atoms. The van der Waals surface area contributed by atoms with Crippen molar-refractivity contribution in [1.29, 1.82) is 0 Å². The summed E-state index contributed by atoms with van der Waals surface area (Å²) in [6.45, 7) is 2.43. The third-order valence-corrected chi connectivity index (χ3v) is 4.05. The van der Waals surface area contributed by atoms with E-state index < -0.39 is 6.10 Å². The zero-order valence-corrected chi connectivity index (χ0v) is 15.3. The van der Waals surface area contributed by atoms with Gasteiger partial charge < -0.3 is 14.8 Å². The summed E-state index contributed by atoms with van der Waals surface area (Å²) in [6, 6.07) is 26.7. The van der Waals surface area contributed by atoms with Gasteiger partial charge >= 0.3 is 0 Å². The number of hydrogen-bond acceptors (Lipinski definition) is 3. The maximum Gasteiger partial charge on any atom is 0.265 e. The number of carbonyl (C=O) groups excluding carboxylic acids is 1. The topological polar surface area (TPSA) is 47.6 Å². The monoisotopic (exact) mass is 361 g/mol. The van der Waals surface area contributed by atoms with Crippen LogP contribution in [0.15, 0.2) is 84.9 Å². The Hall–Kier alpha value is -3.27. The first-order chi connectivity index (χ1) is 13.2. The van der Waals surface area contributed by atoms with Crippen LogP contribution in [0.4, 0.5) is 5.69 Å². The molecule has 0 heterocycles. The second-order valence-corrected chi connectivity index (χ2v) is 6.12. The lowest BCUT2D eigenvalue weighted by atomic mass is 10.2. The summed E-state index contributed by atoms with van der Waals surface area (Å²) in [5, 5.41) is 2.89. The Kier molecular flexibility index (Phi) is 6.47. The molecule has 0 fully saturated rings. The molecule has 3 rings (SSSR count). The maximum absolute atomic E-state index is 12.5. The third kappa shape index (κ3) is 5.61. The number of amides is 1. The lowest BCUT2D eigenvalue weighted by Crippen LogP contribution is -2.32. The van der Waals surface area contributed by atoms with Gasteiger partial charge in [-0.25, -0.2) is 0 Å². The number of anilines is 1. The molecule has 0 radical (unpaired) electrons. The van der Waals surface area contributed by atoms with Crippen molar-refractivity contribution in [2.75, 3.05) is 5.32 Å². The number of hydrogen-bond donors (Lipinski definition) is 1. The SMILES string of the molecule is CC[C@H](Oc1ccccc1)C(=O)Nc1ccc(OCc2ccccc2)cc1. The molecule has 3 aromatic rings. The summed E-state index contributed by atoms with van der Waals surface area (Å²) >= 11 is 0. The van der Waals surface area contributed by atoms with E-state index in [1.54, 1.807) is 0 Å². The summed E-state index contributed by atoms with van der Waals surface area (Å²) in [4.78, 5) is 12.5. The van der Waals surface area contributed by atoms with Crippen LogP contribution in [0.25, 0.3) is 0 Å². The van der Waals surface area contributed by atoms with Gasteiger partial charge in [-0.2, -0.15) is 0 Å². The molecule has 0 bridgehead atoms. The normalized spacial score (nSPS) is 11.4. The number of nitrogens with one attached hydrogen (secondary N) is 1. The highest BCUT2D eigenvalue weighted by Gasteiger charge is 2.18. The van der Waals surface area contributed by atoms with Gasteiger partial charge in [0.2, 0.25) is 0 Å². The van der Waals surface area contributed by atoms with E-state index in [0.29, 0.717) is 24.5 Å². The van der Waals surface area contributed by atoms with Crippen LogP contribution in [0.3, 0.4) is 0 Å². The van der Waals surface area contributed by atoms with Crippen LogP contribution in [0, 0.1) is 0 Å². The Bertz CT molecular complexity index is 833. The lowest BCUT2D eigenvalue weighted by molar-refractivity contribution is -0.122. The molecule has 0 aliphatic carbocycles. The van der Waals surface area contributed by atoms with Crippen molar-refractivity contribution < 1.29 is 14.3 Å². The number of rotatable bonds is 8. The third-order valence-electron chi connectivity index (χ3n) is 4.05. The largest absolute Gasteiger partial charge is 0.489 e. The van der Waals surface area contributed by atoms with Gasteiger partial charge in [-0.1, -0.05) is 55.5 Å². The van der Waals surface area contributed by atoms with Crippen molar-refractivity contribution in [3.05, 3.63) is 90.5 Å². The van der Waals surface area contributed by atoms with Crippen LogP contribution in [-0.2, 0) is 11.4 Å². The molecule has 138 valence electrons. The fourth-order valence-corrected chi connectivity index (χ4v) is 2.58. The van der Waals surface area contributed by atoms with Gasteiger partial charge in [0.1, 0.15) is 18.1 Å². The molecular formula is C23H23NO3. The Morgan fingerprint density at radius 1 is 0.852 bits per heavy atom. The highest BCUT2D eigenvalue weighted by Crippen LogP contribution is 2.18.